The van der Waals surface area contributed by atoms with Crippen molar-refractivity contribution in [1.29, 1.82) is 0 Å². The average molecular weight is 248 g/mol. The van der Waals surface area contributed by atoms with Gasteiger partial charge in [0, 0.05) is 19.2 Å². The average Bonchev–Trinajstić information content (AvgIpc) is 2.78. The third kappa shape index (κ3) is 3.10. The highest BCUT2D eigenvalue weighted by molar-refractivity contribution is 5.26. The van der Waals surface area contributed by atoms with E-state index in [0.29, 0.717) is 12.0 Å². The van der Waals surface area contributed by atoms with Crippen LogP contribution >= 0.6 is 0 Å². The molecule has 0 bridgehead atoms. The summed E-state index contributed by atoms with van der Waals surface area (Å²) in [4.78, 5) is 2.40. The number of likely N-dealkylation sites (tertiary alicyclic amines) is 1. The lowest BCUT2D eigenvalue weighted by molar-refractivity contribution is 0.288. The fraction of sp³-hybridized carbons (Fsp3) is 0.600. The Bertz CT molecular complexity index is 363. The SMILES string of the molecule is CN1CC(CN)CC1c1ccc(CCCO)cc1. The van der Waals surface area contributed by atoms with Gasteiger partial charge < -0.3 is 10.8 Å². The predicted octanol–water partition coefficient (Wildman–Crippen LogP) is 1.56. The van der Waals surface area contributed by atoms with E-state index in [0.717, 1.165) is 25.9 Å². The molecule has 1 fully saturated rings. The molecule has 1 aromatic rings. The lowest BCUT2D eigenvalue weighted by Gasteiger charge is -2.19. The van der Waals surface area contributed by atoms with Gasteiger partial charge in [-0.15, -0.1) is 0 Å². The molecule has 2 rings (SSSR count). The van der Waals surface area contributed by atoms with Crippen LogP contribution in [-0.4, -0.2) is 36.8 Å². The van der Waals surface area contributed by atoms with Crippen LogP contribution < -0.4 is 5.73 Å². The quantitative estimate of drug-likeness (QED) is 0.831. The zero-order valence-electron chi connectivity index (χ0n) is 11.2. The molecular formula is C15H24N2O. The summed E-state index contributed by atoms with van der Waals surface area (Å²) in [5.74, 6) is 0.633. The number of benzene rings is 1. The second-order valence-corrected chi connectivity index (χ2v) is 5.36. The molecule has 1 aliphatic rings. The maximum absolute atomic E-state index is 8.83. The highest BCUT2D eigenvalue weighted by atomic mass is 16.2. The van der Waals surface area contributed by atoms with E-state index in [9.17, 15) is 0 Å². The molecule has 0 radical (unpaired) electrons. The van der Waals surface area contributed by atoms with Crippen molar-refractivity contribution in [3.63, 3.8) is 0 Å². The molecule has 0 aromatic heterocycles. The Kier molecular flexibility index (Phi) is 4.75. The first kappa shape index (κ1) is 13.5. The lowest BCUT2D eigenvalue weighted by atomic mass is 9.98. The van der Waals surface area contributed by atoms with Crippen molar-refractivity contribution in [1.82, 2.24) is 4.90 Å². The van der Waals surface area contributed by atoms with Gasteiger partial charge >= 0.3 is 0 Å². The molecule has 1 aromatic carbocycles. The summed E-state index contributed by atoms with van der Waals surface area (Å²) in [5.41, 5.74) is 8.46. The minimum Gasteiger partial charge on any atom is -0.396 e. The van der Waals surface area contributed by atoms with Crippen molar-refractivity contribution in [3.8, 4) is 0 Å². The van der Waals surface area contributed by atoms with Crippen molar-refractivity contribution >= 4 is 0 Å². The molecule has 3 N–H and O–H groups in total. The molecule has 0 saturated carbocycles. The van der Waals surface area contributed by atoms with E-state index in [1.54, 1.807) is 0 Å². The fourth-order valence-corrected chi connectivity index (χ4v) is 2.86. The number of nitrogens with zero attached hydrogens (tertiary/aromatic N) is 1. The van der Waals surface area contributed by atoms with Crippen molar-refractivity contribution in [2.45, 2.75) is 25.3 Å². The summed E-state index contributed by atoms with van der Waals surface area (Å²) in [7, 11) is 2.18. The topological polar surface area (TPSA) is 49.5 Å². The molecule has 0 spiro atoms. The molecule has 100 valence electrons. The molecule has 3 nitrogen and oxygen atoms in total. The van der Waals surface area contributed by atoms with Gasteiger partial charge in [-0.2, -0.15) is 0 Å². The van der Waals surface area contributed by atoms with Crippen molar-refractivity contribution in [2.24, 2.45) is 11.7 Å². The molecule has 0 aliphatic carbocycles. The predicted molar refractivity (Wildman–Crippen MR) is 74.4 cm³/mol. The van der Waals surface area contributed by atoms with E-state index in [4.69, 9.17) is 10.8 Å². The number of aliphatic hydroxyl groups excluding tert-OH is 1. The Morgan fingerprint density at radius 3 is 2.61 bits per heavy atom. The molecule has 3 heteroatoms. The Morgan fingerprint density at radius 1 is 1.33 bits per heavy atom. The van der Waals surface area contributed by atoms with Crippen LogP contribution in [0.1, 0.15) is 30.0 Å². The molecule has 1 heterocycles. The van der Waals surface area contributed by atoms with E-state index in [-0.39, 0.29) is 6.61 Å². The van der Waals surface area contributed by atoms with Crippen LogP contribution in [-0.2, 0) is 6.42 Å². The summed E-state index contributed by atoms with van der Waals surface area (Å²) in [6.45, 7) is 2.16. The zero-order chi connectivity index (χ0) is 13.0. The van der Waals surface area contributed by atoms with Crippen molar-refractivity contribution < 1.29 is 5.11 Å². The number of aryl methyl sites for hydroxylation is 1. The highest BCUT2D eigenvalue weighted by Crippen LogP contribution is 2.33. The number of aliphatic hydroxyl groups is 1. The van der Waals surface area contributed by atoms with Gasteiger partial charge in [0.15, 0.2) is 0 Å². The Morgan fingerprint density at radius 2 is 2.06 bits per heavy atom. The monoisotopic (exact) mass is 248 g/mol. The molecule has 1 aliphatic heterocycles. The maximum Gasteiger partial charge on any atom is 0.0434 e. The second-order valence-electron chi connectivity index (χ2n) is 5.36. The van der Waals surface area contributed by atoms with Crippen molar-refractivity contribution in [3.05, 3.63) is 35.4 Å². The number of hydrogen-bond acceptors (Lipinski definition) is 3. The molecule has 18 heavy (non-hydrogen) atoms. The molecule has 2 atom stereocenters. The van der Waals surface area contributed by atoms with Crippen LogP contribution in [0.25, 0.3) is 0 Å². The summed E-state index contributed by atoms with van der Waals surface area (Å²) in [6, 6.07) is 9.35. The van der Waals surface area contributed by atoms with Crippen LogP contribution in [0.4, 0.5) is 0 Å². The molecule has 2 unspecified atom stereocenters. The second kappa shape index (κ2) is 6.32. The Labute approximate surface area is 110 Å². The largest absolute Gasteiger partial charge is 0.396 e. The first-order chi connectivity index (χ1) is 8.74. The normalized spacial score (nSPS) is 24.6. The van der Waals surface area contributed by atoms with Crippen LogP contribution in [0.2, 0.25) is 0 Å². The Balaban J connectivity index is 2.01. The fourth-order valence-electron chi connectivity index (χ4n) is 2.86. The third-order valence-corrected chi connectivity index (χ3v) is 3.96. The van der Waals surface area contributed by atoms with E-state index >= 15 is 0 Å². The van der Waals surface area contributed by atoms with Gasteiger partial charge in [0.2, 0.25) is 0 Å². The van der Waals surface area contributed by atoms with Crippen LogP contribution in [0.3, 0.4) is 0 Å². The Hall–Kier alpha value is -0.900. The third-order valence-electron chi connectivity index (χ3n) is 3.96. The lowest BCUT2D eigenvalue weighted by Crippen LogP contribution is -2.20. The van der Waals surface area contributed by atoms with E-state index in [1.807, 2.05) is 0 Å². The smallest absolute Gasteiger partial charge is 0.0434 e. The first-order valence-corrected chi connectivity index (χ1v) is 6.84. The summed E-state index contributed by atoms with van der Waals surface area (Å²) in [5, 5.41) is 8.83. The van der Waals surface area contributed by atoms with E-state index in [2.05, 4.69) is 36.2 Å². The minimum absolute atomic E-state index is 0.269. The van der Waals surface area contributed by atoms with Crippen LogP contribution in [0.5, 0.6) is 0 Å². The van der Waals surface area contributed by atoms with Crippen molar-refractivity contribution in [2.75, 3.05) is 26.7 Å². The van der Waals surface area contributed by atoms with Crippen LogP contribution in [0, 0.1) is 5.92 Å². The summed E-state index contributed by atoms with van der Waals surface area (Å²) >= 11 is 0. The molecular weight excluding hydrogens is 224 g/mol. The summed E-state index contributed by atoms with van der Waals surface area (Å²) in [6.07, 6.45) is 2.98. The molecule has 1 saturated heterocycles. The van der Waals surface area contributed by atoms with Gasteiger partial charge in [-0.05, 0) is 49.9 Å². The number of hydrogen-bond donors (Lipinski definition) is 2. The summed E-state index contributed by atoms with van der Waals surface area (Å²) < 4.78 is 0. The van der Waals surface area contributed by atoms with Gasteiger partial charge in [-0.25, -0.2) is 0 Å². The van der Waals surface area contributed by atoms with Gasteiger partial charge in [0.1, 0.15) is 0 Å². The maximum atomic E-state index is 8.83. The number of rotatable bonds is 5. The van der Waals surface area contributed by atoms with E-state index in [1.165, 1.54) is 17.5 Å². The van der Waals surface area contributed by atoms with Gasteiger partial charge in [0.25, 0.3) is 0 Å². The standard InChI is InChI=1S/C15H24N2O/c1-17-11-13(10-16)9-15(17)14-6-4-12(5-7-14)3-2-8-18/h4-7,13,15,18H,2-3,8-11,16H2,1H3. The highest BCUT2D eigenvalue weighted by Gasteiger charge is 2.29. The van der Waals surface area contributed by atoms with Crippen LogP contribution in [0.15, 0.2) is 24.3 Å². The molecule has 0 amide bonds. The van der Waals surface area contributed by atoms with Gasteiger partial charge in [-0.3, -0.25) is 4.90 Å². The van der Waals surface area contributed by atoms with Gasteiger partial charge in [-0.1, -0.05) is 24.3 Å². The zero-order valence-corrected chi connectivity index (χ0v) is 11.2. The van der Waals surface area contributed by atoms with Gasteiger partial charge in [0.05, 0.1) is 0 Å². The van der Waals surface area contributed by atoms with E-state index < -0.39 is 0 Å². The number of nitrogens with two attached hydrogens (primary N) is 1. The first-order valence-electron chi connectivity index (χ1n) is 6.84. The minimum atomic E-state index is 0.269.